The molecule has 0 aliphatic carbocycles. The fourth-order valence-corrected chi connectivity index (χ4v) is 3.66. The Hall–Kier alpha value is -2.31. The minimum Gasteiger partial charge on any atom is -0.350 e. The number of benzene rings is 2. The van der Waals surface area contributed by atoms with Crippen molar-refractivity contribution in [3.05, 3.63) is 69.3 Å². The monoisotopic (exact) mass is 447 g/mol. The molecule has 1 atom stereocenters. The van der Waals surface area contributed by atoms with Gasteiger partial charge in [-0.15, -0.1) is 0 Å². The molecule has 0 fully saturated rings. The number of likely N-dealkylation sites (N-methyl/N-ethyl adjacent to an activating group) is 1. The molecule has 0 spiro atoms. The van der Waals surface area contributed by atoms with Crippen molar-refractivity contribution in [3.8, 4) is 0 Å². The molecule has 1 aromatic heterocycles. The number of rotatable bonds is 5. The summed E-state index contributed by atoms with van der Waals surface area (Å²) in [4.78, 5) is 30.0. The Morgan fingerprint density at radius 1 is 1.19 bits per heavy atom. The summed E-state index contributed by atoms with van der Waals surface area (Å²) in [5, 5.41) is 4.25. The van der Waals surface area contributed by atoms with E-state index in [9.17, 15) is 9.59 Å². The number of halogens is 2. The number of H-pyrrole nitrogens is 1. The maximum atomic E-state index is 12.9. The van der Waals surface area contributed by atoms with Crippen LogP contribution in [0.2, 0.25) is 5.02 Å². The zero-order valence-electron chi connectivity index (χ0n) is 14.9. The van der Waals surface area contributed by atoms with Gasteiger partial charge >= 0.3 is 0 Å². The van der Waals surface area contributed by atoms with E-state index in [0.29, 0.717) is 21.6 Å². The number of nitrogens with zero attached hydrogens (tertiary/aromatic N) is 1. The number of carbonyl (C=O) groups is 2. The van der Waals surface area contributed by atoms with Crippen LogP contribution in [-0.4, -0.2) is 41.8 Å². The van der Waals surface area contributed by atoms with E-state index in [-0.39, 0.29) is 11.8 Å². The zero-order valence-corrected chi connectivity index (χ0v) is 17.3. The van der Waals surface area contributed by atoms with E-state index in [1.54, 1.807) is 26.2 Å². The van der Waals surface area contributed by atoms with E-state index in [2.05, 4.69) is 26.2 Å². The molecule has 0 saturated heterocycles. The Morgan fingerprint density at radius 3 is 2.56 bits per heavy atom. The largest absolute Gasteiger partial charge is 0.350 e. The highest BCUT2D eigenvalue weighted by Crippen LogP contribution is 2.30. The van der Waals surface area contributed by atoms with Gasteiger partial charge in [-0.05, 0) is 39.7 Å². The minimum absolute atomic E-state index is 0.164. The summed E-state index contributed by atoms with van der Waals surface area (Å²) in [6.45, 7) is 0. The molecule has 1 heterocycles. The number of aromatic amines is 1. The maximum absolute atomic E-state index is 12.9. The molecule has 5 nitrogen and oxygen atoms in total. The van der Waals surface area contributed by atoms with Gasteiger partial charge in [0.05, 0.1) is 4.47 Å². The quantitative estimate of drug-likeness (QED) is 0.619. The highest BCUT2D eigenvalue weighted by atomic mass is 79.9. The molecule has 27 heavy (non-hydrogen) atoms. The van der Waals surface area contributed by atoms with Crippen LogP contribution in [0.25, 0.3) is 10.9 Å². The number of amides is 2. The SMILES string of the molecule is CN(C)C(=O)[C@H](Cc1ccccc1)NC(=O)c1[nH]c2ccc(Cl)cc2c1Br. The van der Waals surface area contributed by atoms with Crippen molar-refractivity contribution in [3.63, 3.8) is 0 Å². The fraction of sp³-hybridized carbons (Fsp3) is 0.200. The molecule has 2 N–H and O–H groups in total. The predicted molar refractivity (Wildman–Crippen MR) is 111 cm³/mol. The summed E-state index contributed by atoms with van der Waals surface area (Å²) in [6, 6.07) is 14.3. The third kappa shape index (κ3) is 4.34. The zero-order chi connectivity index (χ0) is 19.6. The Morgan fingerprint density at radius 2 is 1.89 bits per heavy atom. The number of carbonyl (C=O) groups excluding carboxylic acids is 2. The Balaban J connectivity index is 1.88. The lowest BCUT2D eigenvalue weighted by atomic mass is 10.0. The average molecular weight is 449 g/mol. The molecule has 0 radical (unpaired) electrons. The van der Waals surface area contributed by atoms with Gasteiger partial charge in [0.1, 0.15) is 11.7 Å². The van der Waals surface area contributed by atoms with Crippen molar-refractivity contribution in [2.75, 3.05) is 14.1 Å². The summed E-state index contributed by atoms with van der Waals surface area (Å²) in [5.41, 5.74) is 2.12. The smallest absolute Gasteiger partial charge is 0.269 e. The highest BCUT2D eigenvalue weighted by Gasteiger charge is 2.25. The third-order valence-electron chi connectivity index (χ3n) is 4.25. The van der Waals surface area contributed by atoms with Crippen molar-refractivity contribution in [2.24, 2.45) is 0 Å². The predicted octanol–water partition coefficient (Wildman–Crippen LogP) is 4.01. The van der Waals surface area contributed by atoms with E-state index in [1.165, 1.54) is 4.90 Å². The van der Waals surface area contributed by atoms with Crippen molar-refractivity contribution in [1.29, 1.82) is 0 Å². The Kier molecular flexibility index (Phi) is 5.87. The van der Waals surface area contributed by atoms with Crippen LogP contribution in [0.1, 0.15) is 16.1 Å². The molecule has 140 valence electrons. The summed E-state index contributed by atoms with van der Waals surface area (Å²) >= 11 is 9.51. The highest BCUT2D eigenvalue weighted by molar-refractivity contribution is 9.10. The van der Waals surface area contributed by atoms with Crippen LogP contribution in [0.15, 0.2) is 53.0 Å². The number of nitrogens with one attached hydrogen (secondary N) is 2. The number of hydrogen-bond donors (Lipinski definition) is 2. The van der Waals surface area contributed by atoms with E-state index in [0.717, 1.165) is 16.5 Å². The summed E-state index contributed by atoms with van der Waals surface area (Å²) in [7, 11) is 3.35. The molecule has 3 aromatic rings. The average Bonchev–Trinajstić information content (AvgIpc) is 2.97. The van der Waals surface area contributed by atoms with Crippen LogP contribution in [0.4, 0.5) is 0 Å². The maximum Gasteiger partial charge on any atom is 0.269 e. The van der Waals surface area contributed by atoms with E-state index < -0.39 is 6.04 Å². The summed E-state index contributed by atoms with van der Waals surface area (Å²) < 4.78 is 0.619. The Bertz CT molecular complexity index is 986. The van der Waals surface area contributed by atoms with E-state index in [1.807, 2.05) is 36.4 Å². The second kappa shape index (κ2) is 8.15. The lowest BCUT2D eigenvalue weighted by molar-refractivity contribution is -0.130. The molecule has 3 rings (SSSR count). The van der Waals surface area contributed by atoms with Crippen molar-refractivity contribution < 1.29 is 9.59 Å². The molecule has 0 aliphatic heterocycles. The number of aromatic nitrogens is 1. The molecule has 0 aliphatic rings. The van der Waals surface area contributed by atoms with Gasteiger partial charge in [-0.2, -0.15) is 0 Å². The molecule has 0 saturated carbocycles. The van der Waals surface area contributed by atoms with Gasteiger partial charge in [-0.1, -0.05) is 41.9 Å². The standard InChI is InChI=1S/C20H19BrClN3O2/c1-25(2)20(27)16(10-12-6-4-3-5-7-12)24-19(26)18-17(21)14-11-13(22)8-9-15(14)23-18/h3-9,11,16,23H,10H2,1-2H3,(H,24,26)/t16-/m0/s1. The lowest BCUT2D eigenvalue weighted by Crippen LogP contribution is -2.47. The molecule has 2 amide bonds. The van der Waals surface area contributed by atoms with Gasteiger partial charge in [0.15, 0.2) is 0 Å². The molecule has 0 bridgehead atoms. The van der Waals surface area contributed by atoms with E-state index >= 15 is 0 Å². The van der Waals surface area contributed by atoms with Gasteiger partial charge in [-0.3, -0.25) is 9.59 Å². The van der Waals surface area contributed by atoms with Gasteiger partial charge in [0, 0.05) is 36.4 Å². The van der Waals surface area contributed by atoms with Crippen LogP contribution < -0.4 is 5.32 Å². The Labute approximate surface area is 170 Å². The van der Waals surface area contributed by atoms with Gasteiger partial charge < -0.3 is 15.2 Å². The van der Waals surface area contributed by atoms with Crippen LogP contribution >= 0.6 is 27.5 Å². The van der Waals surface area contributed by atoms with Crippen LogP contribution in [0.3, 0.4) is 0 Å². The van der Waals surface area contributed by atoms with Crippen molar-refractivity contribution in [2.45, 2.75) is 12.5 Å². The molecule has 0 unspecified atom stereocenters. The first kappa shape index (κ1) is 19.5. The fourth-order valence-electron chi connectivity index (χ4n) is 2.88. The first-order valence-electron chi connectivity index (χ1n) is 8.39. The first-order valence-corrected chi connectivity index (χ1v) is 9.56. The molecular weight excluding hydrogens is 430 g/mol. The third-order valence-corrected chi connectivity index (χ3v) is 5.31. The number of fused-ring (bicyclic) bond motifs is 1. The van der Waals surface area contributed by atoms with Crippen LogP contribution in [-0.2, 0) is 11.2 Å². The van der Waals surface area contributed by atoms with Gasteiger partial charge in [-0.25, -0.2) is 0 Å². The molecular formula is C20H19BrClN3O2. The normalized spacial score (nSPS) is 12.0. The summed E-state index contributed by atoms with van der Waals surface area (Å²) in [5.74, 6) is -0.521. The van der Waals surface area contributed by atoms with Crippen LogP contribution in [0, 0.1) is 0 Å². The second-order valence-electron chi connectivity index (χ2n) is 6.45. The summed E-state index contributed by atoms with van der Waals surface area (Å²) in [6.07, 6.45) is 0.410. The second-order valence-corrected chi connectivity index (χ2v) is 7.68. The number of hydrogen-bond acceptors (Lipinski definition) is 2. The molecule has 2 aromatic carbocycles. The van der Waals surface area contributed by atoms with E-state index in [4.69, 9.17) is 11.6 Å². The topological polar surface area (TPSA) is 65.2 Å². The van der Waals surface area contributed by atoms with Crippen molar-refractivity contribution >= 4 is 50.2 Å². The lowest BCUT2D eigenvalue weighted by Gasteiger charge is -2.21. The minimum atomic E-state index is -0.670. The molecule has 7 heteroatoms. The van der Waals surface area contributed by atoms with Gasteiger partial charge in [0.2, 0.25) is 5.91 Å². The van der Waals surface area contributed by atoms with Crippen molar-refractivity contribution in [1.82, 2.24) is 15.2 Å². The van der Waals surface area contributed by atoms with Crippen LogP contribution in [0.5, 0.6) is 0 Å². The first-order chi connectivity index (χ1) is 12.9. The van der Waals surface area contributed by atoms with Gasteiger partial charge in [0.25, 0.3) is 5.91 Å².